The largest absolute Gasteiger partial charge is 0.411 e. The number of guanidine groups is 1. The molecule has 0 radical (unpaired) electrons. The SMILES string of the molecule is NC(=NCc1ccc(COCC(F)(F)F)cc1)NCCCN1CCOCC1. The first kappa shape index (κ1) is 21.5. The fraction of sp³-hybridized carbons (Fsp3) is 0.611. The minimum atomic E-state index is -4.30. The van der Waals surface area contributed by atoms with Crippen molar-refractivity contribution in [2.75, 3.05) is 46.0 Å². The second-order valence-electron chi connectivity index (χ2n) is 6.36. The topological polar surface area (TPSA) is 72.1 Å². The van der Waals surface area contributed by atoms with Crippen LogP contribution in [0.25, 0.3) is 0 Å². The summed E-state index contributed by atoms with van der Waals surface area (Å²) < 4.78 is 46.1. The van der Waals surface area contributed by atoms with Crippen LogP contribution >= 0.6 is 0 Å². The number of nitrogens with two attached hydrogens (primary N) is 1. The number of ether oxygens (including phenoxy) is 2. The van der Waals surface area contributed by atoms with E-state index in [4.69, 9.17) is 10.5 Å². The van der Waals surface area contributed by atoms with Crippen LogP contribution in [0.4, 0.5) is 13.2 Å². The molecular formula is C18H27F3N4O2. The van der Waals surface area contributed by atoms with Gasteiger partial charge in [0.05, 0.1) is 26.4 Å². The molecule has 152 valence electrons. The lowest BCUT2D eigenvalue weighted by Gasteiger charge is -2.26. The van der Waals surface area contributed by atoms with E-state index in [0.29, 0.717) is 18.1 Å². The Morgan fingerprint density at radius 2 is 1.85 bits per heavy atom. The molecule has 0 spiro atoms. The summed E-state index contributed by atoms with van der Waals surface area (Å²) in [6.07, 6.45) is -3.33. The normalized spacial score (nSPS) is 16.5. The average molecular weight is 388 g/mol. The predicted octanol–water partition coefficient (Wildman–Crippen LogP) is 1.89. The molecule has 1 aromatic carbocycles. The fourth-order valence-electron chi connectivity index (χ4n) is 2.60. The quantitative estimate of drug-likeness (QED) is 0.384. The number of halogens is 3. The Hall–Kier alpha value is -1.84. The molecule has 2 rings (SSSR count). The van der Waals surface area contributed by atoms with Crippen molar-refractivity contribution in [3.05, 3.63) is 35.4 Å². The van der Waals surface area contributed by atoms with Crippen molar-refractivity contribution in [2.24, 2.45) is 10.7 Å². The van der Waals surface area contributed by atoms with Crippen LogP contribution in [-0.4, -0.2) is 63.0 Å². The summed E-state index contributed by atoms with van der Waals surface area (Å²) in [6, 6.07) is 7.07. The number of hydrogen-bond acceptors (Lipinski definition) is 4. The second kappa shape index (κ2) is 11.1. The first-order chi connectivity index (χ1) is 12.9. The van der Waals surface area contributed by atoms with Gasteiger partial charge in [-0.3, -0.25) is 4.90 Å². The van der Waals surface area contributed by atoms with E-state index >= 15 is 0 Å². The highest BCUT2D eigenvalue weighted by atomic mass is 19.4. The number of nitrogens with zero attached hydrogens (tertiary/aromatic N) is 2. The standard InChI is InChI=1S/C18H27F3N4O2/c19-18(20,21)14-27-13-16-4-2-15(3-5-16)12-24-17(22)23-6-1-7-25-8-10-26-11-9-25/h2-5H,1,6-14H2,(H3,22,23,24). The summed E-state index contributed by atoms with van der Waals surface area (Å²) in [7, 11) is 0. The van der Waals surface area contributed by atoms with Gasteiger partial charge in [-0.1, -0.05) is 24.3 Å². The van der Waals surface area contributed by atoms with Crippen LogP contribution in [0.3, 0.4) is 0 Å². The summed E-state index contributed by atoms with van der Waals surface area (Å²) in [6.45, 7) is 4.38. The molecule has 0 unspecified atom stereocenters. The first-order valence-corrected chi connectivity index (χ1v) is 8.98. The molecule has 27 heavy (non-hydrogen) atoms. The Kier molecular flexibility index (Phi) is 8.83. The minimum absolute atomic E-state index is 0.0735. The minimum Gasteiger partial charge on any atom is -0.379 e. The Labute approximate surface area is 157 Å². The number of benzene rings is 1. The van der Waals surface area contributed by atoms with Gasteiger partial charge in [-0.2, -0.15) is 13.2 Å². The Morgan fingerprint density at radius 1 is 1.19 bits per heavy atom. The number of aliphatic imine (C=N–C) groups is 1. The highest BCUT2D eigenvalue weighted by molar-refractivity contribution is 5.77. The van der Waals surface area contributed by atoms with E-state index in [1.165, 1.54) is 0 Å². The smallest absolute Gasteiger partial charge is 0.379 e. The van der Waals surface area contributed by atoms with Gasteiger partial charge in [0, 0.05) is 19.6 Å². The maximum Gasteiger partial charge on any atom is 0.411 e. The van der Waals surface area contributed by atoms with E-state index in [2.05, 4.69) is 19.9 Å². The molecule has 1 aliphatic rings. The number of alkyl halides is 3. The lowest BCUT2D eigenvalue weighted by molar-refractivity contribution is -0.176. The van der Waals surface area contributed by atoms with Crippen molar-refractivity contribution >= 4 is 5.96 Å². The van der Waals surface area contributed by atoms with Gasteiger partial charge in [-0.05, 0) is 24.1 Å². The van der Waals surface area contributed by atoms with E-state index in [1.54, 1.807) is 12.1 Å². The monoisotopic (exact) mass is 388 g/mol. The van der Waals surface area contributed by atoms with E-state index in [-0.39, 0.29) is 6.61 Å². The van der Waals surface area contributed by atoms with Gasteiger partial charge < -0.3 is 20.5 Å². The van der Waals surface area contributed by atoms with Crippen LogP contribution in [-0.2, 0) is 22.6 Å². The molecule has 0 atom stereocenters. The molecule has 0 saturated carbocycles. The van der Waals surface area contributed by atoms with Gasteiger partial charge in [0.2, 0.25) is 0 Å². The molecule has 3 N–H and O–H groups in total. The molecule has 9 heteroatoms. The third-order valence-corrected chi connectivity index (χ3v) is 4.05. The van der Waals surface area contributed by atoms with Gasteiger partial charge in [-0.15, -0.1) is 0 Å². The average Bonchev–Trinajstić information content (AvgIpc) is 2.64. The molecule has 1 aliphatic heterocycles. The Balaban J connectivity index is 1.62. The molecule has 0 bridgehead atoms. The van der Waals surface area contributed by atoms with Gasteiger partial charge >= 0.3 is 6.18 Å². The van der Waals surface area contributed by atoms with Gasteiger partial charge in [0.1, 0.15) is 6.61 Å². The highest BCUT2D eigenvalue weighted by Crippen LogP contribution is 2.16. The first-order valence-electron chi connectivity index (χ1n) is 8.98. The van der Waals surface area contributed by atoms with Crippen LogP contribution in [0.1, 0.15) is 17.5 Å². The van der Waals surface area contributed by atoms with E-state index < -0.39 is 12.8 Å². The van der Waals surface area contributed by atoms with E-state index in [0.717, 1.165) is 51.4 Å². The molecular weight excluding hydrogens is 361 g/mol. The van der Waals surface area contributed by atoms with E-state index in [9.17, 15) is 13.2 Å². The number of rotatable bonds is 9. The van der Waals surface area contributed by atoms with Crippen LogP contribution < -0.4 is 11.1 Å². The zero-order chi connectivity index (χ0) is 19.5. The maximum absolute atomic E-state index is 12.0. The van der Waals surface area contributed by atoms with Crippen LogP contribution in [0.15, 0.2) is 29.3 Å². The predicted molar refractivity (Wildman–Crippen MR) is 97.4 cm³/mol. The maximum atomic E-state index is 12.0. The lowest BCUT2D eigenvalue weighted by Crippen LogP contribution is -2.39. The molecule has 1 saturated heterocycles. The number of nitrogens with one attached hydrogen (secondary N) is 1. The highest BCUT2D eigenvalue weighted by Gasteiger charge is 2.27. The Morgan fingerprint density at radius 3 is 2.52 bits per heavy atom. The zero-order valence-electron chi connectivity index (χ0n) is 15.3. The number of hydrogen-bond donors (Lipinski definition) is 2. The molecule has 1 aromatic rings. The van der Waals surface area contributed by atoms with Crippen molar-refractivity contribution in [1.29, 1.82) is 0 Å². The van der Waals surface area contributed by atoms with Gasteiger partial charge in [0.25, 0.3) is 0 Å². The summed E-state index contributed by atoms with van der Waals surface area (Å²) in [5.74, 6) is 0.384. The second-order valence-corrected chi connectivity index (χ2v) is 6.36. The summed E-state index contributed by atoms with van der Waals surface area (Å²) in [5.41, 5.74) is 7.46. The lowest BCUT2D eigenvalue weighted by atomic mass is 10.1. The molecule has 0 aromatic heterocycles. The van der Waals surface area contributed by atoms with Crippen LogP contribution in [0.5, 0.6) is 0 Å². The third-order valence-electron chi connectivity index (χ3n) is 4.05. The molecule has 6 nitrogen and oxygen atoms in total. The van der Waals surface area contributed by atoms with Gasteiger partial charge in [-0.25, -0.2) is 4.99 Å². The summed E-state index contributed by atoms with van der Waals surface area (Å²) in [5, 5.41) is 3.09. The zero-order valence-corrected chi connectivity index (χ0v) is 15.3. The Bertz CT molecular complexity index is 573. The molecule has 1 fully saturated rings. The number of morpholine rings is 1. The van der Waals surface area contributed by atoms with Crippen LogP contribution in [0.2, 0.25) is 0 Å². The van der Waals surface area contributed by atoms with Crippen molar-refractivity contribution in [2.45, 2.75) is 25.7 Å². The molecule has 0 amide bonds. The molecule has 0 aliphatic carbocycles. The van der Waals surface area contributed by atoms with Crippen molar-refractivity contribution in [3.63, 3.8) is 0 Å². The van der Waals surface area contributed by atoms with Crippen molar-refractivity contribution < 1.29 is 22.6 Å². The fourth-order valence-corrected chi connectivity index (χ4v) is 2.60. The third kappa shape index (κ3) is 9.60. The van der Waals surface area contributed by atoms with Crippen molar-refractivity contribution in [1.82, 2.24) is 10.2 Å². The van der Waals surface area contributed by atoms with Gasteiger partial charge in [0.15, 0.2) is 5.96 Å². The molecule has 1 heterocycles. The van der Waals surface area contributed by atoms with E-state index in [1.807, 2.05) is 12.1 Å². The van der Waals surface area contributed by atoms with Crippen molar-refractivity contribution in [3.8, 4) is 0 Å². The summed E-state index contributed by atoms with van der Waals surface area (Å²) in [4.78, 5) is 6.63. The summed E-state index contributed by atoms with van der Waals surface area (Å²) >= 11 is 0. The van der Waals surface area contributed by atoms with Crippen LogP contribution in [0, 0.1) is 0 Å².